The molecule has 25 heavy (non-hydrogen) atoms. The zero-order chi connectivity index (χ0) is 18.0. The molecule has 1 amide bonds. The molecule has 132 valence electrons. The molecule has 2 unspecified atom stereocenters. The van der Waals surface area contributed by atoms with Crippen molar-refractivity contribution in [3.8, 4) is 5.75 Å². The number of nitrogens with zero attached hydrogens (tertiary/aromatic N) is 1. The van der Waals surface area contributed by atoms with Crippen molar-refractivity contribution in [1.82, 2.24) is 5.32 Å². The summed E-state index contributed by atoms with van der Waals surface area (Å²) in [7, 11) is 1.65. The minimum absolute atomic E-state index is 0.0546. The number of anilines is 1. The molecule has 0 spiro atoms. The first-order valence-electron chi connectivity index (χ1n) is 8.50. The van der Waals surface area contributed by atoms with E-state index in [9.17, 15) is 4.79 Å². The maximum absolute atomic E-state index is 12.9. The standard InChI is InChI=1S/C20H23BrN2O2/c1-13(16-8-9-19(25-3)17(21)12-16)22-14(2)20(24)23-11-10-15-6-4-5-7-18(15)23/h4-9,12-14,22H,10-11H2,1-3H3. The number of hydrogen-bond acceptors (Lipinski definition) is 3. The number of halogens is 1. The van der Waals surface area contributed by atoms with E-state index in [1.54, 1.807) is 7.11 Å². The summed E-state index contributed by atoms with van der Waals surface area (Å²) in [4.78, 5) is 14.8. The summed E-state index contributed by atoms with van der Waals surface area (Å²) in [5.41, 5.74) is 3.39. The number of fused-ring (bicyclic) bond motifs is 1. The number of para-hydroxylation sites is 1. The molecule has 0 saturated heterocycles. The van der Waals surface area contributed by atoms with Crippen LogP contribution in [0.4, 0.5) is 5.69 Å². The third-order valence-electron chi connectivity index (χ3n) is 4.70. The highest BCUT2D eigenvalue weighted by Gasteiger charge is 2.28. The van der Waals surface area contributed by atoms with E-state index in [0.717, 1.165) is 34.4 Å². The van der Waals surface area contributed by atoms with Gasteiger partial charge >= 0.3 is 0 Å². The number of carbonyl (C=O) groups is 1. The molecule has 2 atom stereocenters. The second-order valence-electron chi connectivity index (χ2n) is 6.37. The number of hydrogen-bond donors (Lipinski definition) is 1. The van der Waals surface area contributed by atoms with Crippen LogP contribution >= 0.6 is 15.9 Å². The topological polar surface area (TPSA) is 41.6 Å². The highest BCUT2D eigenvalue weighted by Crippen LogP contribution is 2.30. The minimum atomic E-state index is -0.262. The lowest BCUT2D eigenvalue weighted by Gasteiger charge is -2.25. The summed E-state index contributed by atoms with van der Waals surface area (Å²) >= 11 is 3.51. The Morgan fingerprint density at radius 3 is 2.72 bits per heavy atom. The number of nitrogens with one attached hydrogen (secondary N) is 1. The molecule has 1 aliphatic heterocycles. The van der Waals surface area contributed by atoms with Crippen molar-refractivity contribution < 1.29 is 9.53 Å². The van der Waals surface area contributed by atoms with Gasteiger partial charge in [-0.15, -0.1) is 0 Å². The van der Waals surface area contributed by atoms with Gasteiger partial charge in [0.15, 0.2) is 0 Å². The first-order chi connectivity index (χ1) is 12.0. The molecule has 5 heteroatoms. The van der Waals surface area contributed by atoms with Crippen LogP contribution in [-0.2, 0) is 11.2 Å². The Balaban J connectivity index is 1.68. The van der Waals surface area contributed by atoms with Gasteiger partial charge in [0.1, 0.15) is 5.75 Å². The van der Waals surface area contributed by atoms with Crippen LogP contribution in [0.2, 0.25) is 0 Å². The molecule has 0 fully saturated rings. The summed E-state index contributed by atoms with van der Waals surface area (Å²) in [6, 6.07) is 13.9. The average Bonchev–Trinajstić information content (AvgIpc) is 3.04. The van der Waals surface area contributed by atoms with Gasteiger partial charge in [-0.25, -0.2) is 0 Å². The smallest absolute Gasteiger partial charge is 0.243 e. The number of ether oxygens (including phenoxy) is 1. The fourth-order valence-electron chi connectivity index (χ4n) is 3.30. The van der Waals surface area contributed by atoms with E-state index in [1.807, 2.05) is 48.2 Å². The SMILES string of the molecule is COc1ccc(C(C)NC(C)C(=O)N2CCc3ccccc32)cc1Br. The van der Waals surface area contributed by atoms with E-state index in [1.165, 1.54) is 5.56 Å². The van der Waals surface area contributed by atoms with Crippen molar-refractivity contribution in [2.24, 2.45) is 0 Å². The number of rotatable bonds is 5. The van der Waals surface area contributed by atoms with E-state index in [4.69, 9.17) is 4.74 Å². The van der Waals surface area contributed by atoms with E-state index in [2.05, 4.69) is 34.2 Å². The van der Waals surface area contributed by atoms with Crippen LogP contribution in [-0.4, -0.2) is 25.6 Å². The quantitative estimate of drug-likeness (QED) is 0.818. The molecule has 0 aromatic heterocycles. The normalized spacial score (nSPS) is 15.6. The lowest BCUT2D eigenvalue weighted by molar-refractivity contribution is -0.120. The molecule has 1 heterocycles. The molecule has 0 saturated carbocycles. The van der Waals surface area contributed by atoms with E-state index in [0.29, 0.717) is 0 Å². The van der Waals surface area contributed by atoms with Crippen molar-refractivity contribution in [2.45, 2.75) is 32.4 Å². The van der Waals surface area contributed by atoms with Gasteiger partial charge in [0.25, 0.3) is 0 Å². The summed E-state index contributed by atoms with van der Waals surface area (Å²) in [6.07, 6.45) is 0.926. The van der Waals surface area contributed by atoms with Crippen molar-refractivity contribution in [3.63, 3.8) is 0 Å². The van der Waals surface area contributed by atoms with Gasteiger partial charge in [-0.2, -0.15) is 0 Å². The lowest BCUT2D eigenvalue weighted by Crippen LogP contribution is -2.45. The summed E-state index contributed by atoms with van der Waals surface area (Å²) in [5.74, 6) is 0.915. The second-order valence-corrected chi connectivity index (χ2v) is 7.23. The number of methoxy groups -OCH3 is 1. The maximum Gasteiger partial charge on any atom is 0.243 e. The Bertz CT molecular complexity index is 778. The zero-order valence-electron chi connectivity index (χ0n) is 14.8. The van der Waals surface area contributed by atoms with Crippen LogP contribution in [0.15, 0.2) is 46.9 Å². The molecule has 4 nitrogen and oxygen atoms in total. The van der Waals surface area contributed by atoms with Crippen LogP contribution in [0.25, 0.3) is 0 Å². The summed E-state index contributed by atoms with van der Waals surface area (Å²) in [5, 5.41) is 3.42. The summed E-state index contributed by atoms with van der Waals surface area (Å²) in [6.45, 7) is 4.75. The van der Waals surface area contributed by atoms with Gasteiger partial charge in [-0.1, -0.05) is 24.3 Å². The Kier molecular flexibility index (Phi) is 5.45. The third-order valence-corrected chi connectivity index (χ3v) is 5.32. The van der Waals surface area contributed by atoms with E-state index in [-0.39, 0.29) is 18.0 Å². The van der Waals surface area contributed by atoms with Gasteiger partial charge in [-0.3, -0.25) is 10.1 Å². The molecule has 0 bridgehead atoms. The molecular weight excluding hydrogens is 380 g/mol. The molecule has 2 aromatic rings. The van der Waals surface area contributed by atoms with Crippen LogP contribution in [0.3, 0.4) is 0 Å². The largest absolute Gasteiger partial charge is 0.496 e. The second kappa shape index (κ2) is 7.58. The Morgan fingerprint density at radius 1 is 1.24 bits per heavy atom. The van der Waals surface area contributed by atoms with Crippen LogP contribution < -0.4 is 15.0 Å². The minimum Gasteiger partial charge on any atom is -0.496 e. The number of benzene rings is 2. The van der Waals surface area contributed by atoms with E-state index < -0.39 is 0 Å². The molecule has 0 aliphatic carbocycles. The van der Waals surface area contributed by atoms with Gasteiger partial charge in [0, 0.05) is 18.3 Å². The fourth-order valence-corrected chi connectivity index (χ4v) is 3.85. The molecule has 2 aromatic carbocycles. The van der Waals surface area contributed by atoms with Crippen LogP contribution in [0.1, 0.15) is 31.0 Å². The first kappa shape index (κ1) is 18.0. The van der Waals surface area contributed by atoms with Crippen molar-refractivity contribution in [1.29, 1.82) is 0 Å². The van der Waals surface area contributed by atoms with Crippen molar-refractivity contribution in [2.75, 3.05) is 18.6 Å². The van der Waals surface area contributed by atoms with Gasteiger partial charge < -0.3 is 9.64 Å². The Labute approximate surface area is 157 Å². The van der Waals surface area contributed by atoms with E-state index >= 15 is 0 Å². The lowest BCUT2D eigenvalue weighted by atomic mass is 10.1. The van der Waals surface area contributed by atoms with Crippen LogP contribution in [0.5, 0.6) is 5.75 Å². The first-order valence-corrected chi connectivity index (χ1v) is 9.29. The zero-order valence-corrected chi connectivity index (χ0v) is 16.3. The predicted octanol–water partition coefficient (Wildman–Crippen LogP) is 4.09. The molecule has 3 rings (SSSR count). The molecule has 1 N–H and O–H groups in total. The molecular formula is C20H23BrN2O2. The molecule has 0 radical (unpaired) electrons. The van der Waals surface area contributed by atoms with Crippen molar-refractivity contribution in [3.05, 3.63) is 58.1 Å². The monoisotopic (exact) mass is 402 g/mol. The average molecular weight is 403 g/mol. The third kappa shape index (κ3) is 3.72. The predicted molar refractivity (Wildman–Crippen MR) is 104 cm³/mol. The van der Waals surface area contributed by atoms with Gasteiger partial charge in [0.05, 0.1) is 17.6 Å². The van der Waals surface area contributed by atoms with Crippen molar-refractivity contribution >= 4 is 27.5 Å². The molecule has 1 aliphatic rings. The Hall–Kier alpha value is -1.85. The van der Waals surface area contributed by atoms with Gasteiger partial charge in [0.2, 0.25) is 5.91 Å². The highest BCUT2D eigenvalue weighted by atomic mass is 79.9. The summed E-state index contributed by atoms with van der Waals surface area (Å²) < 4.78 is 6.18. The fraction of sp³-hybridized carbons (Fsp3) is 0.350. The van der Waals surface area contributed by atoms with Gasteiger partial charge in [-0.05, 0) is 65.5 Å². The maximum atomic E-state index is 12.9. The number of carbonyl (C=O) groups excluding carboxylic acids is 1. The van der Waals surface area contributed by atoms with Crippen LogP contribution in [0, 0.1) is 0 Å². The number of amides is 1. The highest BCUT2D eigenvalue weighted by molar-refractivity contribution is 9.10. The Morgan fingerprint density at radius 2 is 2.00 bits per heavy atom.